The van der Waals surface area contributed by atoms with Gasteiger partial charge in [-0.15, -0.1) is 0 Å². The van der Waals surface area contributed by atoms with Gasteiger partial charge in [-0.05, 0) is 68.8 Å². The van der Waals surface area contributed by atoms with Gasteiger partial charge in [-0.2, -0.15) is 0 Å². The van der Waals surface area contributed by atoms with Gasteiger partial charge in [0.15, 0.2) is 17.5 Å². The quantitative estimate of drug-likeness (QED) is 0.193. The Kier molecular flexibility index (Phi) is 5.56. The van der Waals surface area contributed by atoms with Crippen molar-refractivity contribution in [2.75, 3.05) is 0 Å². The minimum atomic E-state index is -0.530. The number of fused-ring (bicyclic) bond motifs is 13. The summed E-state index contributed by atoms with van der Waals surface area (Å²) in [6.45, 7) is 0. The summed E-state index contributed by atoms with van der Waals surface area (Å²) < 4.78 is 6.43. The lowest BCUT2D eigenvalue weighted by Crippen LogP contribution is -2.26. The van der Waals surface area contributed by atoms with E-state index in [4.69, 9.17) is 19.4 Å². The number of aromatic nitrogens is 3. The molecule has 2 heterocycles. The molecule has 11 rings (SSSR count). The van der Waals surface area contributed by atoms with Gasteiger partial charge in [0.1, 0.15) is 11.2 Å². The molecule has 0 saturated carbocycles. The molecule has 1 atom stereocenters. The van der Waals surface area contributed by atoms with Gasteiger partial charge < -0.3 is 4.42 Å². The molecule has 0 radical (unpaired) electrons. The van der Waals surface area contributed by atoms with Gasteiger partial charge in [0, 0.05) is 27.5 Å². The molecule has 7 aromatic carbocycles. The highest BCUT2D eigenvalue weighted by Gasteiger charge is 2.52. The van der Waals surface area contributed by atoms with E-state index in [0.29, 0.717) is 17.5 Å². The van der Waals surface area contributed by atoms with Crippen molar-refractivity contribution in [3.63, 3.8) is 0 Å². The third kappa shape index (κ3) is 3.67. The predicted octanol–water partition coefficient (Wildman–Crippen LogP) is 11.1. The summed E-state index contributed by atoms with van der Waals surface area (Å²) in [7, 11) is 0. The number of rotatable bonds is 3. The van der Waals surface area contributed by atoms with Gasteiger partial charge in [0.25, 0.3) is 0 Å². The number of para-hydroxylation sites is 1. The summed E-state index contributed by atoms with van der Waals surface area (Å²) in [4.78, 5) is 15.2. The standard InChI is InChI=1S/C46H27N3O/c1-3-13-28(14-4-1)43-47-44(29-15-5-2-6-16-29)49-45(48-43)30-23-24-33-31-17-7-10-20-37(31)46(39(33)25-30)38-21-11-8-18-32(38)35-27-42-36(26-40(35)46)34-19-9-12-22-41(34)50-42/h1-27H. The zero-order valence-corrected chi connectivity index (χ0v) is 26.8. The molecule has 0 saturated heterocycles. The molecule has 2 aromatic heterocycles. The van der Waals surface area contributed by atoms with Gasteiger partial charge in [-0.1, -0.05) is 140 Å². The lowest BCUT2D eigenvalue weighted by molar-refractivity contribution is 0.669. The Balaban J connectivity index is 1.21. The van der Waals surface area contributed by atoms with Crippen LogP contribution >= 0.6 is 0 Å². The van der Waals surface area contributed by atoms with Crippen molar-refractivity contribution < 1.29 is 4.42 Å². The number of nitrogens with zero attached hydrogens (tertiary/aromatic N) is 3. The molecule has 1 spiro atoms. The summed E-state index contributed by atoms with van der Waals surface area (Å²) in [5, 5.41) is 2.26. The van der Waals surface area contributed by atoms with Gasteiger partial charge in [-0.25, -0.2) is 15.0 Å². The molecule has 232 valence electrons. The summed E-state index contributed by atoms with van der Waals surface area (Å²) in [6, 6.07) is 57.8. The SMILES string of the molecule is c1ccc(-c2nc(-c3ccccc3)nc(-c3ccc4c(c3)C3(c5ccccc5-4)c4ccccc4-c4cc5oc6ccccc6c5cc43)n2)cc1. The first-order valence-corrected chi connectivity index (χ1v) is 16.9. The second-order valence-corrected chi connectivity index (χ2v) is 13.1. The maximum atomic E-state index is 6.43. The van der Waals surface area contributed by atoms with Crippen LogP contribution in [0, 0.1) is 0 Å². The molecule has 50 heavy (non-hydrogen) atoms. The zero-order valence-electron chi connectivity index (χ0n) is 26.8. The summed E-state index contributed by atoms with van der Waals surface area (Å²) >= 11 is 0. The van der Waals surface area contributed by atoms with Crippen LogP contribution in [0.1, 0.15) is 22.3 Å². The first kappa shape index (κ1) is 27.3. The fourth-order valence-corrected chi connectivity index (χ4v) is 8.43. The fraction of sp³-hybridized carbons (Fsp3) is 0.0217. The molecule has 0 N–H and O–H groups in total. The Bertz CT molecular complexity index is 2760. The maximum absolute atomic E-state index is 6.43. The van der Waals surface area contributed by atoms with Crippen molar-refractivity contribution in [2.24, 2.45) is 0 Å². The smallest absolute Gasteiger partial charge is 0.164 e. The van der Waals surface area contributed by atoms with Crippen LogP contribution in [0.2, 0.25) is 0 Å². The lowest BCUT2D eigenvalue weighted by Gasteiger charge is -2.30. The first-order chi connectivity index (χ1) is 24.8. The van der Waals surface area contributed by atoms with E-state index in [9.17, 15) is 0 Å². The lowest BCUT2D eigenvalue weighted by atomic mass is 9.70. The molecule has 1 unspecified atom stereocenters. The van der Waals surface area contributed by atoms with E-state index in [1.807, 2.05) is 42.5 Å². The van der Waals surface area contributed by atoms with E-state index in [1.54, 1.807) is 0 Å². The van der Waals surface area contributed by atoms with E-state index in [-0.39, 0.29) is 0 Å². The van der Waals surface area contributed by atoms with E-state index in [1.165, 1.54) is 44.5 Å². The Labute approximate surface area is 288 Å². The van der Waals surface area contributed by atoms with Crippen molar-refractivity contribution in [1.29, 1.82) is 0 Å². The van der Waals surface area contributed by atoms with Gasteiger partial charge in [0.2, 0.25) is 0 Å². The second kappa shape index (κ2) is 10.2. The minimum Gasteiger partial charge on any atom is -0.456 e. The number of furan rings is 1. The Morgan fingerprint density at radius 3 is 1.54 bits per heavy atom. The molecule has 0 amide bonds. The average molecular weight is 638 g/mol. The summed E-state index contributed by atoms with van der Waals surface area (Å²) in [5.74, 6) is 1.95. The highest BCUT2D eigenvalue weighted by atomic mass is 16.3. The number of benzene rings is 7. The van der Waals surface area contributed by atoms with Crippen molar-refractivity contribution in [2.45, 2.75) is 5.41 Å². The van der Waals surface area contributed by atoms with Crippen LogP contribution in [0.15, 0.2) is 168 Å². The largest absolute Gasteiger partial charge is 0.456 e. The molecule has 4 heteroatoms. The van der Waals surface area contributed by atoms with E-state index >= 15 is 0 Å². The molecule has 0 fully saturated rings. The predicted molar refractivity (Wildman–Crippen MR) is 200 cm³/mol. The highest BCUT2D eigenvalue weighted by molar-refractivity contribution is 6.08. The second-order valence-electron chi connectivity index (χ2n) is 13.1. The zero-order chi connectivity index (χ0) is 32.8. The number of hydrogen-bond donors (Lipinski definition) is 0. The fourth-order valence-electron chi connectivity index (χ4n) is 8.43. The highest BCUT2D eigenvalue weighted by Crippen LogP contribution is 2.63. The van der Waals surface area contributed by atoms with Crippen molar-refractivity contribution in [1.82, 2.24) is 15.0 Å². The Morgan fingerprint density at radius 1 is 0.340 bits per heavy atom. The molecule has 0 bridgehead atoms. The van der Waals surface area contributed by atoms with Crippen LogP contribution in [0.4, 0.5) is 0 Å². The van der Waals surface area contributed by atoms with Crippen LogP contribution in [-0.4, -0.2) is 15.0 Å². The van der Waals surface area contributed by atoms with Crippen LogP contribution in [-0.2, 0) is 5.41 Å². The Hall–Kier alpha value is -6.65. The van der Waals surface area contributed by atoms with Crippen LogP contribution < -0.4 is 0 Å². The monoisotopic (exact) mass is 637 g/mol. The maximum Gasteiger partial charge on any atom is 0.164 e. The molecule has 9 aromatic rings. The summed E-state index contributed by atoms with van der Waals surface area (Å²) in [6.07, 6.45) is 0. The molecular weight excluding hydrogens is 611 g/mol. The summed E-state index contributed by atoms with van der Waals surface area (Å²) in [5.41, 5.74) is 14.1. The molecular formula is C46H27N3O. The third-order valence-corrected chi connectivity index (χ3v) is 10.5. The van der Waals surface area contributed by atoms with Crippen molar-refractivity contribution >= 4 is 21.9 Å². The molecule has 0 aliphatic heterocycles. The normalized spacial score (nSPS) is 15.3. The Morgan fingerprint density at radius 2 is 0.860 bits per heavy atom. The molecule has 2 aliphatic carbocycles. The van der Waals surface area contributed by atoms with Crippen molar-refractivity contribution in [3.8, 4) is 56.4 Å². The average Bonchev–Trinajstić information content (AvgIpc) is 3.81. The third-order valence-electron chi connectivity index (χ3n) is 10.5. The molecule has 4 nitrogen and oxygen atoms in total. The van der Waals surface area contributed by atoms with E-state index in [2.05, 4.69) is 121 Å². The van der Waals surface area contributed by atoms with Crippen LogP contribution in [0.25, 0.3) is 78.4 Å². The number of hydrogen-bond acceptors (Lipinski definition) is 4. The van der Waals surface area contributed by atoms with Gasteiger partial charge in [-0.3, -0.25) is 0 Å². The van der Waals surface area contributed by atoms with Crippen LogP contribution in [0.3, 0.4) is 0 Å². The van der Waals surface area contributed by atoms with Gasteiger partial charge in [0.05, 0.1) is 5.41 Å². The van der Waals surface area contributed by atoms with Crippen molar-refractivity contribution in [3.05, 3.63) is 186 Å². The van der Waals surface area contributed by atoms with E-state index < -0.39 is 5.41 Å². The van der Waals surface area contributed by atoms with E-state index in [0.717, 1.165) is 38.6 Å². The van der Waals surface area contributed by atoms with Crippen LogP contribution in [0.5, 0.6) is 0 Å². The first-order valence-electron chi connectivity index (χ1n) is 16.9. The topological polar surface area (TPSA) is 51.8 Å². The minimum absolute atomic E-state index is 0.530. The van der Waals surface area contributed by atoms with Gasteiger partial charge >= 0.3 is 0 Å². The molecule has 2 aliphatic rings.